The monoisotopic (exact) mass is 322 g/mol. The van der Waals surface area contributed by atoms with Crippen LogP contribution in [0.25, 0.3) is 0 Å². The van der Waals surface area contributed by atoms with E-state index in [0.29, 0.717) is 12.2 Å². The summed E-state index contributed by atoms with van der Waals surface area (Å²) in [6.07, 6.45) is 2.25. The van der Waals surface area contributed by atoms with Crippen LogP contribution in [0.4, 0.5) is 0 Å². The molecule has 0 unspecified atom stereocenters. The lowest BCUT2D eigenvalue weighted by Gasteiger charge is -2.08. The highest BCUT2D eigenvalue weighted by Crippen LogP contribution is 2.19. The van der Waals surface area contributed by atoms with Crippen LogP contribution in [0.5, 0.6) is 0 Å². The van der Waals surface area contributed by atoms with Crippen LogP contribution in [-0.2, 0) is 6.42 Å². The van der Waals surface area contributed by atoms with Gasteiger partial charge in [-0.25, -0.2) is 0 Å². The second-order valence-electron chi connectivity index (χ2n) is 4.38. The molecule has 0 radical (unpaired) electrons. The normalized spacial score (nSPS) is 10.5. The number of amides is 1. The summed E-state index contributed by atoms with van der Waals surface area (Å²) >= 11 is 3.50. The molecule has 100 valence electrons. The smallest absolute Gasteiger partial charge is 0.273 e. The summed E-state index contributed by atoms with van der Waals surface area (Å²) in [7, 11) is 0. The number of hydrogen-bond donors (Lipinski definition) is 1. The molecule has 0 aliphatic rings. The number of hydrogen-bond acceptors (Lipinski definition) is 3. The Morgan fingerprint density at radius 1 is 1.42 bits per heavy atom. The second kappa shape index (κ2) is 6.02. The van der Waals surface area contributed by atoms with Crippen LogP contribution in [0.15, 0.2) is 33.5 Å². The molecule has 0 fully saturated rings. The quantitative estimate of drug-likeness (QED) is 0.941. The standard InChI is InChI=1S/C14H15BrN2O2/c1-9-8-19-17-13(9)14(18)16-7-6-11-4-3-5-12(15)10(11)2/h3-5,8H,6-7H2,1-2H3,(H,16,18). The number of carbonyl (C=O) groups excluding carboxylic acids is 1. The van der Waals surface area contributed by atoms with Gasteiger partial charge in [-0.3, -0.25) is 4.79 Å². The molecular formula is C14H15BrN2O2. The topological polar surface area (TPSA) is 55.1 Å². The SMILES string of the molecule is Cc1conc1C(=O)NCCc1cccc(Br)c1C. The molecule has 0 saturated carbocycles. The molecule has 1 heterocycles. The van der Waals surface area contributed by atoms with Gasteiger partial charge in [0.15, 0.2) is 5.69 Å². The van der Waals surface area contributed by atoms with Crippen molar-refractivity contribution in [3.63, 3.8) is 0 Å². The molecule has 0 spiro atoms. The maximum Gasteiger partial charge on any atom is 0.273 e. The lowest BCUT2D eigenvalue weighted by atomic mass is 10.1. The third-order valence-electron chi connectivity index (χ3n) is 3.02. The minimum absolute atomic E-state index is 0.195. The van der Waals surface area contributed by atoms with Crippen molar-refractivity contribution in [1.29, 1.82) is 0 Å². The van der Waals surface area contributed by atoms with Gasteiger partial charge in [-0.1, -0.05) is 33.2 Å². The molecule has 1 amide bonds. The number of benzene rings is 1. The third-order valence-corrected chi connectivity index (χ3v) is 3.88. The maximum absolute atomic E-state index is 11.8. The predicted molar refractivity (Wildman–Crippen MR) is 76.2 cm³/mol. The van der Waals surface area contributed by atoms with E-state index >= 15 is 0 Å². The molecule has 0 saturated heterocycles. The molecule has 2 rings (SSSR count). The number of carbonyl (C=O) groups is 1. The van der Waals surface area contributed by atoms with Crippen LogP contribution in [0.3, 0.4) is 0 Å². The van der Waals surface area contributed by atoms with Crippen molar-refractivity contribution >= 4 is 21.8 Å². The number of aromatic nitrogens is 1. The van der Waals surface area contributed by atoms with E-state index in [1.807, 2.05) is 12.1 Å². The second-order valence-corrected chi connectivity index (χ2v) is 5.23. The van der Waals surface area contributed by atoms with Crippen molar-refractivity contribution < 1.29 is 9.32 Å². The van der Waals surface area contributed by atoms with Gasteiger partial charge in [0.25, 0.3) is 5.91 Å². The zero-order chi connectivity index (χ0) is 13.8. The van der Waals surface area contributed by atoms with Gasteiger partial charge >= 0.3 is 0 Å². The summed E-state index contributed by atoms with van der Waals surface area (Å²) in [4.78, 5) is 11.8. The Hall–Kier alpha value is -1.62. The van der Waals surface area contributed by atoms with Crippen molar-refractivity contribution in [3.05, 3.63) is 51.3 Å². The molecule has 2 aromatic rings. The van der Waals surface area contributed by atoms with Gasteiger partial charge in [0.1, 0.15) is 6.26 Å². The zero-order valence-electron chi connectivity index (χ0n) is 10.9. The first-order chi connectivity index (χ1) is 9.09. The first-order valence-electron chi connectivity index (χ1n) is 6.02. The minimum Gasteiger partial charge on any atom is -0.364 e. The molecular weight excluding hydrogens is 308 g/mol. The van der Waals surface area contributed by atoms with Crippen molar-refractivity contribution in [2.75, 3.05) is 6.54 Å². The van der Waals surface area contributed by atoms with E-state index in [4.69, 9.17) is 4.52 Å². The molecule has 5 heteroatoms. The van der Waals surface area contributed by atoms with Gasteiger partial charge in [0.05, 0.1) is 0 Å². The summed E-state index contributed by atoms with van der Waals surface area (Å²) in [5.74, 6) is -0.195. The lowest BCUT2D eigenvalue weighted by Crippen LogP contribution is -2.26. The fourth-order valence-electron chi connectivity index (χ4n) is 1.82. The summed E-state index contributed by atoms with van der Waals surface area (Å²) in [5.41, 5.74) is 3.52. The molecule has 1 aromatic heterocycles. The Morgan fingerprint density at radius 2 is 2.21 bits per heavy atom. The highest BCUT2D eigenvalue weighted by Gasteiger charge is 2.12. The first kappa shape index (κ1) is 13.8. The number of nitrogens with zero attached hydrogens (tertiary/aromatic N) is 1. The molecule has 19 heavy (non-hydrogen) atoms. The average Bonchev–Trinajstić information content (AvgIpc) is 2.81. The van der Waals surface area contributed by atoms with Gasteiger partial charge in [0.2, 0.25) is 0 Å². The Bertz CT molecular complexity index is 593. The molecule has 0 aliphatic heterocycles. The number of aryl methyl sites for hydroxylation is 1. The third kappa shape index (κ3) is 3.23. The largest absolute Gasteiger partial charge is 0.364 e. The Morgan fingerprint density at radius 3 is 2.89 bits per heavy atom. The fraction of sp³-hybridized carbons (Fsp3) is 0.286. The highest BCUT2D eigenvalue weighted by atomic mass is 79.9. The molecule has 1 aromatic carbocycles. The van der Waals surface area contributed by atoms with Gasteiger partial charge in [-0.2, -0.15) is 0 Å². The maximum atomic E-state index is 11.8. The molecule has 4 nitrogen and oxygen atoms in total. The van der Waals surface area contributed by atoms with Crippen molar-refractivity contribution in [1.82, 2.24) is 10.5 Å². The van der Waals surface area contributed by atoms with E-state index in [2.05, 4.69) is 39.4 Å². The Kier molecular flexibility index (Phi) is 4.37. The predicted octanol–water partition coefficient (Wildman–Crippen LogP) is 3.03. The first-order valence-corrected chi connectivity index (χ1v) is 6.82. The molecule has 0 aliphatic carbocycles. The summed E-state index contributed by atoms with van der Waals surface area (Å²) in [6, 6.07) is 6.07. The lowest BCUT2D eigenvalue weighted by molar-refractivity contribution is 0.0944. The Balaban J connectivity index is 1.92. The van der Waals surface area contributed by atoms with Crippen LogP contribution in [-0.4, -0.2) is 17.6 Å². The van der Waals surface area contributed by atoms with E-state index < -0.39 is 0 Å². The van der Waals surface area contributed by atoms with Crippen LogP contribution in [0.1, 0.15) is 27.2 Å². The fourth-order valence-corrected chi connectivity index (χ4v) is 2.23. The average molecular weight is 323 g/mol. The van der Waals surface area contributed by atoms with Gasteiger partial charge in [-0.15, -0.1) is 0 Å². The van der Waals surface area contributed by atoms with Crippen LogP contribution < -0.4 is 5.32 Å². The number of halogens is 1. The van der Waals surface area contributed by atoms with Crippen molar-refractivity contribution in [2.24, 2.45) is 0 Å². The molecule has 0 atom stereocenters. The van der Waals surface area contributed by atoms with E-state index in [-0.39, 0.29) is 5.91 Å². The highest BCUT2D eigenvalue weighted by molar-refractivity contribution is 9.10. The van der Waals surface area contributed by atoms with Gasteiger partial charge < -0.3 is 9.84 Å². The molecule has 1 N–H and O–H groups in total. The van der Waals surface area contributed by atoms with Crippen LogP contribution >= 0.6 is 15.9 Å². The number of nitrogens with one attached hydrogen (secondary N) is 1. The zero-order valence-corrected chi connectivity index (χ0v) is 12.5. The van der Waals surface area contributed by atoms with Crippen molar-refractivity contribution in [2.45, 2.75) is 20.3 Å². The summed E-state index contributed by atoms with van der Waals surface area (Å²) in [5, 5.41) is 6.52. The molecule has 0 bridgehead atoms. The van der Waals surface area contributed by atoms with Crippen molar-refractivity contribution in [3.8, 4) is 0 Å². The number of rotatable bonds is 4. The van der Waals surface area contributed by atoms with Crippen LogP contribution in [0, 0.1) is 13.8 Å². The Labute approximate surface area is 120 Å². The summed E-state index contributed by atoms with van der Waals surface area (Å²) in [6.45, 7) is 4.43. The summed E-state index contributed by atoms with van der Waals surface area (Å²) < 4.78 is 5.84. The van der Waals surface area contributed by atoms with E-state index in [1.54, 1.807) is 6.92 Å². The van der Waals surface area contributed by atoms with Gasteiger partial charge in [0, 0.05) is 16.6 Å². The van der Waals surface area contributed by atoms with E-state index in [0.717, 1.165) is 16.5 Å². The van der Waals surface area contributed by atoms with Gasteiger partial charge in [-0.05, 0) is 37.5 Å². The van der Waals surface area contributed by atoms with Crippen LogP contribution in [0.2, 0.25) is 0 Å². The van der Waals surface area contributed by atoms with E-state index in [9.17, 15) is 4.79 Å². The minimum atomic E-state index is -0.195. The van der Waals surface area contributed by atoms with E-state index in [1.165, 1.54) is 17.4 Å².